The second kappa shape index (κ2) is 8.62. The molecule has 2 heterocycles. The zero-order chi connectivity index (χ0) is 18.4. The molecular weight excluding hydrogens is 332 g/mol. The van der Waals surface area contributed by atoms with Gasteiger partial charge in [-0.3, -0.25) is 9.69 Å². The molecule has 1 aliphatic heterocycles. The van der Waals surface area contributed by atoms with Crippen LogP contribution in [-0.4, -0.2) is 57.5 Å². The third-order valence-electron chi connectivity index (χ3n) is 4.59. The van der Waals surface area contributed by atoms with E-state index in [0.717, 1.165) is 30.8 Å². The Morgan fingerprint density at radius 3 is 2.88 bits per heavy atom. The first kappa shape index (κ1) is 18.1. The second-order valence-electron chi connectivity index (χ2n) is 6.48. The Balaban J connectivity index is 1.63. The first-order valence-corrected chi connectivity index (χ1v) is 8.83. The topological polar surface area (TPSA) is 80.0 Å². The molecule has 0 radical (unpaired) electrons. The van der Waals surface area contributed by atoms with E-state index in [9.17, 15) is 4.79 Å². The number of nitrogens with zero attached hydrogens (tertiary/aromatic N) is 4. The van der Waals surface area contributed by atoms with Crippen LogP contribution < -0.4 is 0 Å². The van der Waals surface area contributed by atoms with Crippen LogP contribution in [0.3, 0.4) is 0 Å². The van der Waals surface area contributed by atoms with Crippen LogP contribution >= 0.6 is 0 Å². The standard InChI is InChI=1S/C19H24N4O3/c1-22-11-9-20-18(22)17(15-6-3-2-4-7-15)21-26-13-12-23-10-5-8-16(14-23)19(24)25/h2-4,6-7,9,11,16H,5,8,10,12-14H2,1H3,(H,24,25)/b21-17-. The Kier molecular flexibility index (Phi) is 6.01. The maximum absolute atomic E-state index is 11.2. The summed E-state index contributed by atoms with van der Waals surface area (Å²) in [6.45, 7) is 2.55. The number of rotatable bonds is 7. The normalized spacial score (nSPS) is 18.7. The minimum atomic E-state index is -0.713. The molecule has 1 fully saturated rings. The molecule has 1 atom stereocenters. The van der Waals surface area contributed by atoms with E-state index in [2.05, 4.69) is 15.0 Å². The van der Waals surface area contributed by atoms with Crippen molar-refractivity contribution in [2.75, 3.05) is 26.2 Å². The number of hydrogen-bond donors (Lipinski definition) is 1. The van der Waals surface area contributed by atoms with Crippen molar-refractivity contribution in [2.24, 2.45) is 18.1 Å². The van der Waals surface area contributed by atoms with Gasteiger partial charge in [0.15, 0.2) is 11.5 Å². The Hall–Kier alpha value is -2.67. The summed E-state index contributed by atoms with van der Waals surface area (Å²) in [6.07, 6.45) is 5.26. The van der Waals surface area contributed by atoms with Crippen molar-refractivity contribution < 1.29 is 14.7 Å². The van der Waals surface area contributed by atoms with E-state index in [-0.39, 0.29) is 5.92 Å². The molecule has 7 nitrogen and oxygen atoms in total. The third kappa shape index (κ3) is 4.49. The lowest BCUT2D eigenvalue weighted by Crippen LogP contribution is -2.40. The number of carboxylic acid groups (broad SMARTS) is 1. The van der Waals surface area contributed by atoms with Crippen molar-refractivity contribution in [3.63, 3.8) is 0 Å². The van der Waals surface area contributed by atoms with Gasteiger partial charge in [-0.05, 0) is 19.4 Å². The summed E-state index contributed by atoms with van der Waals surface area (Å²) in [5, 5.41) is 13.5. The van der Waals surface area contributed by atoms with E-state index in [1.165, 1.54) is 0 Å². The van der Waals surface area contributed by atoms with Crippen molar-refractivity contribution in [2.45, 2.75) is 12.8 Å². The van der Waals surface area contributed by atoms with Crippen molar-refractivity contribution in [3.05, 3.63) is 54.1 Å². The van der Waals surface area contributed by atoms with Crippen molar-refractivity contribution in [1.29, 1.82) is 0 Å². The summed E-state index contributed by atoms with van der Waals surface area (Å²) in [4.78, 5) is 23.2. The van der Waals surface area contributed by atoms with E-state index >= 15 is 0 Å². The summed E-state index contributed by atoms with van der Waals surface area (Å²) in [6, 6.07) is 9.80. The number of hydrogen-bond acceptors (Lipinski definition) is 5. The number of piperidine rings is 1. The zero-order valence-electron chi connectivity index (χ0n) is 14.9. The molecule has 26 heavy (non-hydrogen) atoms. The van der Waals surface area contributed by atoms with Gasteiger partial charge in [-0.1, -0.05) is 35.5 Å². The third-order valence-corrected chi connectivity index (χ3v) is 4.59. The van der Waals surface area contributed by atoms with Gasteiger partial charge in [0.05, 0.1) is 5.92 Å². The van der Waals surface area contributed by atoms with Gasteiger partial charge in [-0.15, -0.1) is 0 Å². The molecule has 1 N–H and O–H groups in total. The Bertz CT molecular complexity index is 757. The Morgan fingerprint density at radius 1 is 1.38 bits per heavy atom. The number of imidazole rings is 1. The summed E-state index contributed by atoms with van der Waals surface area (Å²) in [7, 11) is 1.92. The molecule has 1 aliphatic rings. The van der Waals surface area contributed by atoms with E-state index in [4.69, 9.17) is 9.94 Å². The Labute approximate surface area is 152 Å². The summed E-state index contributed by atoms with van der Waals surface area (Å²) < 4.78 is 1.90. The van der Waals surface area contributed by atoms with Crippen LogP contribution in [0.25, 0.3) is 0 Å². The van der Waals surface area contributed by atoms with E-state index in [1.54, 1.807) is 6.20 Å². The quantitative estimate of drug-likeness (QED) is 0.466. The number of carbonyl (C=O) groups is 1. The van der Waals surface area contributed by atoms with Crippen LogP contribution in [0, 0.1) is 5.92 Å². The highest BCUT2D eigenvalue weighted by molar-refractivity contribution is 6.10. The fraction of sp³-hybridized carbons (Fsp3) is 0.421. The van der Waals surface area contributed by atoms with Crippen LogP contribution in [0.4, 0.5) is 0 Å². The van der Waals surface area contributed by atoms with E-state index < -0.39 is 5.97 Å². The molecule has 3 rings (SSSR count). The van der Waals surface area contributed by atoms with Gasteiger partial charge in [-0.25, -0.2) is 4.98 Å². The minimum absolute atomic E-state index is 0.278. The van der Waals surface area contributed by atoms with Gasteiger partial charge in [0.25, 0.3) is 0 Å². The molecule has 2 aromatic rings. The molecule has 0 spiro atoms. The molecule has 1 aromatic heterocycles. The van der Waals surface area contributed by atoms with Crippen LogP contribution in [0.15, 0.2) is 47.9 Å². The largest absolute Gasteiger partial charge is 0.481 e. The number of oxime groups is 1. The first-order chi connectivity index (χ1) is 12.6. The highest BCUT2D eigenvalue weighted by Crippen LogP contribution is 2.16. The molecular formula is C19H24N4O3. The van der Waals surface area contributed by atoms with E-state index in [0.29, 0.717) is 25.4 Å². The fourth-order valence-corrected chi connectivity index (χ4v) is 3.15. The number of benzene rings is 1. The maximum atomic E-state index is 11.2. The lowest BCUT2D eigenvalue weighted by molar-refractivity contribution is -0.143. The van der Waals surface area contributed by atoms with Crippen molar-refractivity contribution in [1.82, 2.24) is 14.5 Å². The van der Waals surface area contributed by atoms with Crippen LogP contribution in [0.2, 0.25) is 0 Å². The monoisotopic (exact) mass is 356 g/mol. The highest BCUT2D eigenvalue weighted by atomic mass is 16.6. The van der Waals surface area contributed by atoms with Crippen LogP contribution in [0.5, 0.6) is 0 Å². The summed E-state index contributed by atoms with van der Waals surface area (Å²) in [5.41, 5.74) is 1.62. The number of aryl methyl sites for hydroxylation is 1. The average Bonchev–Trinajstić information content (AvgIpc) is 3.08. The highest BCUT2D eigenvalue weighted by Gasteiger charge is 2.25. The van der Waals surface area contributed by atoms with Crippen LogP contribution in [0.1, 0.15) is 24.2 Å². The lowest BCUT2D eigenvalue weighted by Gasteiger charge is -2.29. The van der Waals surface area contributed by atoms with Gasteiger partial charge in [0.1, 0.15) is 6.61 Å². The summed E-state index contributed by atoms with van der Waals surface area (Å²) >= 11 is 0. The first-order valence-electron chi connectivity index (χ1n) is 8.83. The van der Waals surface area contributed by atoms with Crippen LogP contribution in [-0.2, 0) is 16.7 Å². The molecule has 1 saturated heterocycles. The molecule has 1 aromatic carbocycles. The van der Waals surface area contributed by atoms with Gasteiger partial charge < -0.3 is 14.5 Å². The van der Waals surface area contributed by atoms with Crippen molar-refractivity contribution in [3.8, 4) is 0 Å². The molecule has 1 unspecified atom stereocenters. The molecule has 7 heteroatoms. The van der Waals surface area contributed by atoms with E-state index in [1.807, 2.05) is 48.1 Å². The second-order valence-corrected chi connectivity index (χ2v) is 6.48. The lowest BCUT2D eigenvalue weighted by atomic mass is 9.98. The van der Waals surface area contributed by atoms with Crippen molar-refractivity contribution >= 4 is 11.7 Å². The number of carboxylic acids is 1. The van der Waals surface area contributed by atoms with Gasteiger partial charge in [0.2, 0.25) is 0 Å². The van der Waals surface area contributed by atoms with Gasteiger partial charge in [-0.2, -0.15) is 0 Å². The summed E-state index contributed by atoms with van der Waals surface area (Å²) in [5.74, 6) is -0.255. The number of likely N-dealkylation sites (tertiary alicyclic amines) is 1. The molecule has 0 saturated carbocycles. The Morgan fingerprint density at radius 2 is 2.19 bits per heavy atom. The smallest absolute Gasteiger partial charge is 0.307 e. The molecule has 0 aliphatic carbocycles. The van der Waals surface area contributed by atoms with Gasteiger partial charge >= 0.3 is 5.97 Å². The number of aromatic nitrogens is 2. The average molecular weight is 356 g/mol. The molecule has 0 bridgehead atoms. The fourth-order valence-electron chi connectivity index (χ4n) is 3.15. The maximum Gasteiger partial charge on any atom is 0.307 e. The predicted octanol–water partition coefficient (Wildman–Crippen LogP) is 1.99. The van der Waals surface area contributed by atoms with Gasteiger partial charge in [0, 0.05) is 38.1 Å². The predicted molar refractivity (Wildman–Crippen MR) is 98.0 cm³/mol. The SMILES string of the molecule is Cn1ccnc1/C(=N\OCCN1CCCC(C(=O)O)C1)c1ccccc1. The zero-order valence-corrected chi connectivity index (χ0v) is 14.9. The molecule has 138 valence electrons. The minimum Gasteiger partial charge on any atom is -0.481 e. The number of aliphatic carboxylic acids is 1. The molecule has 0 amide bonds.